The first kappa shape index (κ1) is 12.4. The smallest absolute Gasteiger partial charge is 0.348 e. The first-order chi connectivity index (χ1) is 6.90. The van der Waals surface area contributed by atoms with Crippen molar-refractivity contribution in [1.82, 2.24) is 4.90 Å². The van der Waals surface area contributed by atoms with Crippen LogP contribution in [0.25, 0.3) is 0 Å². The third kappa shape index (κ3) is 4.13. The average Bonchev–Trinajstić information content (AvgIpc) is 2.49. The van der Waals surface area contributed by atoms with E-state index in [1.807, 2.05) is 0 Å². The van der Waals surface area contributed by atoms with Gasteiger partial charge in [-0.15, -0.1) is 0 Å². The predicted octanol–water partition coefficient (Wildman–Crippen LogP) is 0.227. The summed E-state index contributed by atoms with van der Waals surface area (Å²) in [5.41, 5.74) is 0. The number of hydrogen-bond acceptors (Lipinski definition) is 3. The topological polar surface area (TPSA) is 98.1 Å². The van der Waals surface area contributed by atoms with E-state index in [1.165, 1.54) is 6.08 Å². The van der Waals surface area contributed by atoms with Gasteiger partial charge in [-0.1, -0.05) is 6.08 Å². The minimum Gasteiger partial charge on any atom is -0.480 e. The lowest BCUT2D eigenvalue weighted by molar-refractivity contribution is -0.141. The van der Waals surface area contributed by atoms with Gasteiger partial charge < -0.3 is 14.9 Å². The number of nitrogens with zero attached hydrogens (tertiary/aromatic N) is 1. The molecular weight excluding hydrogens is 221 g/mol. The van der Waals surface area contributed by atoms with Crippen LogP contribution < -0.4 is 0 Å². The third-order valence-electron chi connectivity index (χ3n) is 2.29. The number of likely N-dealkylation sites (tertiary alicyclic amines) is 1. The third-order valence-corrected chi connectivity index (χ3v) is 2.89. The molecule has 1 heterocycles. The Balaban J connectivity index is 2.48. The van der Waals surface area contributed by atoms with Gasteiger partial charge in [-0.2, -0.15) is 0 Å². The van der Waals surface area contributed by atoms with E-state index in [4.69, 9.17) is 14.9 Å². The van der Waals surface area contributed by atoms with Crippen LogP contribution in [0.4, 0.5) is 0 Å². The van der Waals surface area contributed by atoms with Crippen LogP contribution >= 0.6 is 7.60 Å². The molecule has 7 heteroatoms. The predicted molar refractivity (Wildman–Crippen MR) is 53.4 cm³/mol. The van der Waals surface area contributed by atoms with E-state index in [1.54, 1.807) is 4.90 Å². The molecule has 3 N–H and O–H groups in total. The van der Waals surface area contributed by atoms with Crippen LogP contribution in [0, 0.1) is 0 Å². The summed E-state index contributed by atoms with van der Waals surface area (Å²) in [6, 6.07) is -0.522. The minimum absolute atomic E-state index is 0.266. The van der Waals surface area contributed by atoms with E-state index in [2.05, 4.69) is 0 Å². The molecule has 0 amide bonds. The summed E-state index contributed by atoms with van der Waals surface area (Å²) < 4.78 is 10.5. The van der Waals surface area contributed by atoms with Crippen molar-refractivity contribution in [1.29, 1.82) is 0 Å². The lowest BCUT2D eigenvalue weighted by Gasteiger charge is -2.18. The van der Waals surface area contributed by atoms with Gasteiger partial charge in [-0.3, -0.25) is 14.3 Å². The number of carboxylic acids is 1. The Labute approximate surface area is 87.4 Å². The normalized spacial score (nSPS) is 23.7. The molecule has 1 atom stereocenters. The Kier molecular flexibility index (Phi) is 4.04. The van der Waals surface area contributed by atoms with Crippen LogP contribution in [-0.4, -0.2) is 44.9 Å². The first-order valence-corrected chi connectivity index (χ1v) is 6.28. The van der Waals surface area contributed by atoms with E-state index >= 15 is 0 Å². The maximum atomic E-state index is 10.8. The van der Waals surface area contributed by atoms with Crippen molar-refractivity contribution in [2.24, 2.45) is 0 Å². The highest BCUT2D eigenvalue weighted by atomic mass is 31.2. The lowest BCUT2D eigenvalue weighted by Crippen LogP contribution is -2.35. The van der Waals surface area contributed by atoms with Crippen molar-refractivity contribution in [3.63, 3.8) is 0 Å². The summed E-state index contributed by atoms with van der Waals surface area (Å²) in [6.45, 7) is 0.921. The molecule has 1 fully saturated rings. The molecule has 0 radical (unpaired) electrons. The van der Waals surface area contributed by atoms with Crippen LogP contribution in [0.1, 0.15) is 12.8 Å². The highest BCUT2D eigenvalue weighted by molar-refractivity contribution is 7.55. The van der Waals surface area contributed by atoms with Crippen molar-refractivity contribution in [2.75, 3.05) is 13.1 Å². The van der Waals surface area contributed by atoms with Gasteiger partial charge in [0.1, 0.15) is 6.04 Å². The molecular formula is C8H14NO5P. The van der Waals surface area contributed by atoms with Crippen LogP contribution in [-0.2, 0) is 9.36 Å². The minimum atomic E-state index is -4.12. The van der Waals surface area contributed by atoms with Gasteiger partial charge in [0.2, 0.25) is 0 Å². The standard InChI is InChI=1S/C8H14NO5P/c10-8(11)7-3-1-4-9(7)5-2-6-15(12,13)14/h2,6-7H,1,3-5H2,(H,10,11)(H2,12,13,14)/t7-/m0/s1. The molecule has 0 unspecified atom stereocenters. The van der Waals surface area contributed by atoms with Crippen molar-refractivity contribution >= 4 is 13.6 Å². The van der Waals surface area contributed by atoms with Crippen LogP contribution in [0.5, 0.6) is 0 Å². The number of rotatable bonds is 4. The molecule has 0 spiro atoms. The Morgan fingerprint density at radius 3 is 2.73 bits per heavy atom. The molecule has 1 aliphatic rings. The molecule has 1 rings (SSSR count). The average molecular weight is 235 g/mol. The molecule has 86 valence electrons. The number of carboxylic acid groups (broad SMARTS) is 1. The second kappa shape index (κ2) is 4.90. The summed E-state index contributed by atoms with van der Waals surface area (Å²) >= 11 is 0. The van der Waals surface area contributed by atoms with Crippen molar-refractivity contribution in [2.45, 2.75) is 18.9 Å². The van der Waals surface area contributed by atoms with Crippen molar-refractivity contribution in [3.05, 3.63) is 11.9 Å². The first-order valence-electron chi connectivity index (χ1n) is 4.60. The largest absolute Gasteiger partial charge is 0.480 e. The Morgan fingerprint density at radius 1 is 1.53 bits per heavy atom. The molecule has 1 saturated heterocycles. The molecule has 1 aliphatic heterocycles. The maximum absolute atomic E-state index is 10.8. The van der Waals surface area contributed by atoms with Gasteiger partial charge in [0.25, 0.3) is 0 Å². The Hall–Kier alpha value is -0.680. The van der Waals surface area contributed by atoms with E-state index in [-0.39, 0.29) is 6.54 Å². The summed E-state index contributed by atoms with van der Waals surface area (Å²) in [5, 5.41) is 8.82. The summed E-state index contributed by atoms with van der Waals surface area (Å²) in [5.74, 6) is -0.0680. The summed E-state index contributed by atoms with van der Waals surface area (Å²) in [4.78, 5) is 29.6. The lowest BCUT2D eigenvalue weighted by atomic mass is 10.2. The van der Waals surface area contributed by atoms with Gasteiger partial charge in [0, 0.05) is 12.4 Å². The Bertz CT molecular complexity index is 310. The van der Waals surface area contributed by atoms with Gasteiger partial charge in [0.15, 0.2) is 0 Å². The van der Waals surface area contributed by atoms with Crippen LogP contribution in [0.2, 0.25) is 0 Å². The Morgan fingerprint density at radius 2 is 2.20 bits per heavy atom. The van der Waals surface area contributed by atoms with Crippen LogP contribution in [0.3, 0.4) is 0 Å². The zero-order chi connectivity index (χ0) is 11.5. The van der Waals surface area contributed by atoms with Crippen molar-refractivity contribution in [3.8, 4) is 0 Å². The molecule has 0 aliphatic carbocycles. The molecule has 0 aromatic heterocycles. The number of carbonyl (C=O) groups is 1. The molecule has 0 saturated carbocycles. The fourth-order valence-electron chi connectivity index (χ4n) is 1.64. The second-order valence-corrected chi connectivity index (χ2v) is 4.94. The summed E-state index contributed by atoms with van der Waals surface area (Å²) in [6.07, 6.45) is 2.72. The molecule has 15 heavy (non-hydrogen) atoms. The van der Waals surface area contributed by atoms with E-state index in [9.17, 15) is 9.36 Å². The monoisotopic (exact) mass is 235 g/mol. The second-order valence-electron chi connectivity index (χ2n) is 3.47. The van der Waals surface area contributed by atoms with Gasteiger partial charge in [-0.25, -0.2) is 0 Å². The maximum Gasteiger partial charge on any atom is 0.348 e. The fourth-order valence-corrected chi connectivity index (χ4v) is 2.01. The van der Waals surface area contributed by atoms with Gasteiger partial charge in [0.05, 0.1) is 0 Å². The fraction of sp³-hybridized carbons (Fsp3) is 0.625. The van der Waals surface area contributed by atoms with E-state index < -0.39 is 19.6 Å². The molecule has 0 aromatic carbocycles. The zero-order valence-corrected chi connectivity index (χ0v) is 9.01. The highest BCUT2D eigenvalue weighted by Gasteiger charge is 2.29. The van der Waals surface area contributed by atoms with Crippen LogP contribution in [0.15, 0.2) is 11.9 Å². The quantitative estimate of drug-likeness (QED) is 0.603. The highest BCUT2D eigenvalue weighted by Crippen LogP contribution is 2.35. The zero-order valence-electron chi connectivity index (χ0n) is 8.11. The molecule has 0 bridgehead atoms. The number of aliphatic carboxylic acids is 1. The number of hydrogen-bond donors (Lipinski definition) is 3. The van der Waals surface area contributed by atoms with Crippen molar-refractivity contribution < 1.29 is 24.3 Å². The molecule has 0 aromatic rings. The summed E-state index contributed by atoms with van der Waals surface area (Å²) in [7, 11) is -4.12. The SMILES string of the molecule is O=C(O)[C@@H]1CCCN1CC=CP(=O)(O)O. The van der Waals surface area contributed by atoms with Gasteiger partial charge >= 0.3 is 13.6 Å². The van der Waals surface area contributed by atoms with E-state index in [0.29, 0.717) is 13.0 Å². The van der Waals surface area contributed by atoms with E-state index in [0.717, 1.165) is 12.2 Å². The molecule has 6 nitrogen and oxygen atoms in total. The van der Waals surface area contributed by atoms with Gasteiger partial charge in [-0.05, 0) is 19.4 Å².